The van der Waals surface area contributed by atoms with E-state index in [2.05, 4.69) is 5.32 Å². The van der Waals surface area contributed by atoms with Crippen molar-refractivity contribution in [2.75, 3.05) is 12.3 Å². The number of anilines is 1. The number of nitrogens with two attached hydrogens (primary N) is 1. The van der Waals surface area contributed by atoms with Gasteiger partial charge in [-0.3, -0.25) is 4.79 Å². The van der Waals surface area contributed by atoms with Gasteiger partial charge in [-0.05, 0) is 17.4 Å². The Morgan fingerprint density at radius 1 is 1.67 bits per heavy atom. The van der Waals surface area contributed by atoms with Gasteiger partial charge in [-0.1, -0.05) is 13.8 Å². The highest BCUT2D eigenvalue weighted by atomic mass is 32.1. The number of thiophene rings is 1. The van der Waals surface area contributed by atoms with E-state index in [1.54, 1.807) is 11.4 Å². The highest BCUT2D eigenvalue weighted by Gasteiger charge is 2.18. The Hall–Kier alpha value is -1.07. The minimum absolute atomic E-state index is 0.0608. The molecule has 1 aromatic heterocycles. The van der Waals surface area contributed by atoms with Gasteiger partial charge in [0.05, 0.1) is 18.3 Å². The number of nitrogen functional groups attached to an aromatic ring is 1. The molecule has 0 bridgehead atoms. The molecule has 0 spiro atoms. The van der Waals surface area contributed by atoms with Crippen LogP contribution in [0.2, 0.25) is 0 Å². The number of carbonyl (C=O) groups is 1. The number of aliphatic hydroxyl groups excluding tert-OH is 1. The third kappa shape index (κ3) is 2.94. The second-order valence-corrected chi connectivity index (χ2v) is 4.63. The van der Waals surface area contributed by atoms with Gasteiger partial charge in [0.25, 0.3) is 5.91 Å². The molecule has 0 aliphatic heterocycles. The number of hydrogen-bond donors (Lipinski definition) is 3. The molecule has 0 aromatic carbocycles. The van der Waals surface area contributed by atoms with Crippen LogP contribution in [0.4, 0.5) is 5.69 Å². The van der Waals surface area contributed by atoms with Gasteiger partial charge in [0.2, 0.25) is 0 Å². The minimum Gasteiger partial charge on any atom is -0.397 e. The van der Waals surface area contributed by atoms with Crippen LogP contribution in [-0.2, 0) is 0 Å². The second-order valence-electron chi connectivity index (χ2n) is 3.71. The van der Waals surface area contributed by atoms with Crippen molar-refractivity contribution in [2.24, 2.45) is 5.92 Å². The van der Waals surface area contributed by atoms with Crippen LogP contribution >= 0.6 is 11.3 Å². The Morgan fingerprint density at radius 2 is 2.33 bits per heavy atom. The largest absolute Gasteiger partial charge is 0.397 e. The van der Waals surface area contributed by atoms with Crippen molar-refractivity contribution in [3.05, 3.63) is 16.3 Å². The van der Waals surface area contributed by atoms with E-state index in [9.17, 15) is 4.79 Å². The molecule has 1 unspecified atom stereocenters. The normalized spacial score (nSPS) is 12.8. The quantitative estimate of drug-likeness (QED) is 0.721. The van der Waals surface area contributed by atoms with Crippen LogP contribution in [0.5, 0.6) is 0 Å². The fourth-order valence-corrected chi connectivity index (χ4v) is 1.88. The summed E-state index contributed by atoms with van der Waals surface area (Å²) in [6.45, 7) is 3.83. The zero-order valence-electron chi connectivity index (χ0n) is 8.86. The van der Waals surface area contributed by atoms with Crippen LogP contribution in [0.3, 0.4) is 0 Å². The minimum atomic E-state index is -0.223. The lowest BCUT2D eigenvalue weighted by molar-refractivity contribution is 0.0902. The molecule has 4 N–H and O–H groups in total. The topological polar surface area (TPSA) is 75.3 Å². The van der Waals surface area contributed by atoms with E-state index < -0.39 is 0 Å². The van der Waals surface area contributed by atoms with Crippen molar-refractivity contribution < 1.29 is 9.90 Å². The first-order valence-corrected chi connectivity index (χ1v) is 5.69. The number of amides is 1. The van der Waals surface area contributed by atoms with Crippen LogP contribution in [0.15, 0.2) is 11.4 Å². The monoisotopic (exact) mass is 228 g/mol. The van der Waals surface area contributed by atoms with E-state index in [0.717, 1.165) is 0 Å². The van der Waals surface area contributed by atoms with Crippen molar-refractivity contribution in [2.45, 2.75) is 19.9 Å². The number of carbonyl (C=O) groups excluding carboxylic acids is 1. The van der Waals surface area contributed by atoms with E-state index in [-0.39, 0.29) is 24.5 Å². The van der Waals surface area contributed by atoms with Crippen LogP contribution in [0, 0.1) is 5.92 Å². The van der Waals surface area contributed by atoms with Crippen molar-refractivity contribution in [3.63, 3.8) is 0 Å². The Balaban J connectivity index is 2.67. The molecule has 0 radical (unpaired) electrons. The summed E-state index contributed by atoms with van der Waals surface area (Å²) in [6.07, 6.45) is 0. The van der Waals surface area contributed by atoms with Gasteiger partial charge in [0.15, 0.2) is 0 Å². The Morgan fingerprint density at radius 3 is 2.73 bits per heavy atom. The fraction of sp³-hybridized carbons (Fsp3) is 0.500. The summed E-state index contributed by atoms with van der Waals surface area (Å²) in [5.74, 6) is -0.0182. The number of nitrogens with one attached hydrogen (secondary N) is 1. The van der Waals surface area contributed by atoms with Crippen molar-refractivity contribution in [3.8, 4) is 0 Å². The van der Waals surface area contributed by atoms with Gasteiger partial charge < -0.3 is 16.2 Å². The molecule has 84 valence electrons. The van der Waals surface area contributed by atoms with Gasteiger partial charge in [-0.2, -0.15) is 0 Å². The van der Waals surface area contributed by atoms with E-state index in [1.165, 1.54) is 11.3 Å². The molecule has 5 heteroatoms. The molecular formula is C10H16N2O2S. The Kier molecular flexibility index (Phi) is 4.11. The molecule has 0 aliphatic rings. The van der Waals surface area contributed by atoms with Crippen molar-refractivity contribution in [1.29, 1.82) is 0 Å². The summed E-state index contributed by atoms with van der Waals surface area (Å²) in [4.78, 5) is 12.2. The lowest BCUT2D eigenvalue weighted by Gasteiger charge is -2.19. The number of rotatable bonds is 4. The van der Waals surface area contributed by atoms with Crippen LogP contribution in [0.1, 0.15) is 23.5 Å². The highest BCUT2D eigenvalue weighted by molar-refractivity contribution is 7.12. The average Bonchev–Trinajstić information content (AvgIpc) is 2.60. The standard InChI is InChI=1S/C10H16N2O2S/c1-6(2)8(5-13)12-10(14)9-7(11)3-4-15-9/h3-4,6,8,13H,5,11H2,1-2H3,(H,12,14). The fourth-order valence-electron chi connectivity index (χ4n) is 1.16. The first-order valence-electron chi connectivity index (χ1n) is 4.81. The predicted molar refractivity (Wildman–Crippen MR) is 61.9 cm³/mol. The molecule has 0 saturated carbocycles. The van der Waals surface area contributed by atoms with E-state index in [1.807, 2.05) is 13.8 Å². The SMILES string of the molecule is CC(C)C(CO)NC(=O)c1sccc1N. The number of hydrogen-bond acceptors (Lipinski definition) is 4. The van der Waals surface area contributed by atoms with Gasteiger partial charge in [-0.15, -0.1) is 11.3 Å². The third-order valence-corrected chi connectivity index (χ3v) is 3.15. The van der Waals surface area contributed by atoms with Crippen molar-refractivity contribution >= 4 is 22.9 Å². The van der Waals surface area contributed by atoms with Crippen LogP contribution in [0.25, 0.3) is 0 Å². The van der Waals surface area contributed by atoms with Crippen molar-refractivity contribution in [1.82, 2.24) is 5.32 Å². The summed E-state index contributed by atoms with van der Waals surface area (Å²) in [5.41, 5.74) is 6.11. The third-order valence-electron chi connectivity index (χ3n) is 2.22. The van der Waals surface area contributed by atoms with E-state index in [0.29, 0.717) is 10.6 Å². The zero-order valence-corrected chi connectivity index (χ0v) is 9.67. The molecule has 15 heavy (non-hydrogen) atoms. The smallest absolute Gasteiger partial charge is 0.263 e. The Bertz CT molecular complexity index is 336. The molecule has 0 fully saturated rings. The summed E-state index contributed by atoms with van der Waals surface area (Å²) >= 11 is 1.30. The molecule has 1 rings (SSSR count). The first kappa shape index (κ1) is 12.0. The lowest BCUT2D eigenvalue weighted by Crippen LogP contribution is -2.41. The van der Waals surface area contributed by atoms with E-state index in [4.69, 9.17) is 10.8 Å². The summed E-state index contributed by atoms with van der Waals surface area (Å²) < 4.78 is 0. The van der Waals surface area contributed by atoms with Crippen LogP contribution in [-0.4, -0.2) is 23.7 Å². The summed E-state index contributed by atoms with van der Waals surface area (Å²) in [5, 5.41) is 13.6. The lowest BCUT2D eigenvalue weighted by atomic mass is 10.1. The van der Waals surface area contributed by atoms with Gasteiger partial charge in [0.1, 0.15) is 4.88 Å². The molecule has 0 saturated heterocycles. The molecule has 1 heterocycles. The van der Waals surface area contributed by atoms with Crippen LogP contribution < -0.4 is 11.1 Å². The Labute approximate surface area is 93.1 Å². The highest BCUT2D eigenvalue weighted by Crippen LogP contribution is 2.18. The maximum atomic E-state index is 11.7. The first-order chi connectivity index (χ1) is 7.06. The molecule has 4 nitrogen and oxygen atoms in total. The number of aliphatic hydroxyl groups is 1. The predicted octanol–water partition coefficient (Wildman–Crippen LogP) is 1.08. The zero-order chi connectivity index (χ0) is 11.4. The maximum Gasteiger partial charge on any atom is 0.263 e. The maximum absolute atomic E-state index is 11.7. The van der Waals surface area contributed by atoms with Gasteiger partial charge in [-0.25, -0.2) is 0 Å². The molecular weight excluding hydrogens is 212 g/mol. The molecule has 1 amide bonds. The molecule has 0 aliphatic carbocycles. The van der Waals surface area contributed by atoms with Gasteiger partial charge >= 0.3 is 0 Å². The molecule has 1 atom stereocenters. The molecule has 1 aromatic rings. The summed E-state index contributed by atoms with van der Waals surface area (Å²) in [6, 6.07) is 1.47. The summed E-state index contributed by atoms with van der Waals surface area (Å²) in [7, 11) is 0. The average molecular weight is 228 g/mol. The van der Waals surface area contributed by atoms with Gasteiger partial charge in [0, 0.05) is 0 Å². The second kappa shape index (κ2) is 5.14. The van der Waals surface area contributed by atoms with E-state index >= 15 is 0 Å².